The molecule has 6 nitrogen and oxygen atoms in total. The van der Waals surface area contributed by atoms with E-state index in [0.717, 1.165) is 31.6 Å². The maximum absolute atomic E-state index is 9.42. The lowest BCUT2D eigenvalue weighted by Crippen LogP contribution is -2.46. The van der Waals surface area contributed by atoms with Gasteiger partial charge < -0.3 is 20.1 Å². The number of benzene rings is 1. The molecule has 1 saturated heterocycles. The molecule has 1 atom stereocenters. The van der Waals surface area contributed by atoms with Crippen molar-refractivity contribution in [2.45, 2.75) is 19.4 Å². The zero-order valence-corrected chi connectivity index (χ0v) is 13.3. The lowest BCUT2D eigenvalue weighted by molar-refractivity contribution is 0.304. The number of aromatic nitrogens is 2. The van der Waals surface area contributed by atoms with Gasteiger partial charge >= 0.3 is 0 Å². The largest absolute Gasteiger partial charge is 0.508 e. The summed E-state index contributed by atoms with van der Waals surface area (Å²) in [4.78, 5) is 11.0. The van der Waals surface area contributed by atoms with Gasteiger partial charge in [-0.05, 0) is 24.1 Å². The first kappa shape index (κ1) is 15.6. The van der Waals surface area contributed by atoms with Crippen molar-refractivity contribution in [3.63, 3.8) is 0 Å². The maximum atomic E-state index is 9.42. The Morgan fingerprint density at radius 3 is 2.91 bits per heavy atom. The molecule has 0 saturated carbocycles. The van der Waals surface area contributed by atoms with E-state index >= 15 is 0 Å². The standard InChI is InChI=1S/C17H22N4O2/c1-2-11-23-16-7-8-19-17(20-16)21-10-9-18-15(12-21)13-3-5-14(22)6-4-13/h3-8,15,18,22H,2,9-12H2,1H3. The molecule has 2 N–H and O–H groups in total. The van der Waals surface area contributed by atoms with Crippen LogP contribution in [0.1, 0.15) is 24.9 Å². The van der Waals surface area contributed by atoms with E-state index in [1.807, 2.05) is 12.1 Å². The van der Waals surface area contributed by atoms with Crippen molar-refractivity contribution in [1.29, 1.82) is 0 Å². The van der Waals surface area contributed by atoms with Gasteiger partial charge in [0.25, 0.3) is 0 Å². The van der Waals surface area contributed by atoms with Crippen LogP contribution >= 0.6 is 0 Å². The number of hydrogen-bond donors (Lipinski definition) is 2. The zero-order valence-electron chi connectivity index (χ0n) is 13.3. The molecule has 0 radical (unpaired) electrons. The molecule has 0 bridgehead atoms. The van der Waals surface area contributed by atoms with Crippen molar-refractivity contribution < 1.29 is 9.84 Å². The van der Waals surface area contributed by atoms with Crippen LogP contribution < -0.4 is 15.0 Å². The van der Waals surface area contributed by atoms with Crippen molar-refractivity contribution in [3.8, 4) is 11.6 Å². The molecule has 6 heteroatoms. The van der Waals surface area contributed by atoms with Crippen molar-refractivity contribution in [3.05, 3.63) is 42.1 Å². The van der Waals surface area contributed by atoms with E-state index in [-0.39, 0.29) is 11.8 Å². The first-order chi connectivity index (χ1) is 11.3. The van der Waals surface area contributed by atoms with Crippen LogP contribution in [-0.2, 0) is 0 Å². The number of rotatable bonds is 5. The van der Waals surface area contributed by atoms with Crippen LogP contribution in [0.4, 0.5) is 5.95 Å². The average Bonchev–Trinajstić information content (AvgIpc) is 2.61. The molecule has 1 fully saturated rings. The van der Waals surface area contributed by atoms with E-state index in [0.29, 0.717) is 18.4 Å². The van der Waals surface area contributed by atoms with Crippen LogP contribution in [0.25, 0.3) is 0 Å². The second-order valence-electron chi connectivity index (χ2n) is 5.59. The molecule has 1 aromatic carbocycles. The highest BCUT2D eigenvalue weighted by Gasteiger charge is 2.22. The Morgan fingerprint density at radius 2 is 2.13 bits per heavy atom. The Labute approximate surface area is 136 Å². The van der Waals surface area contributed by atoms with Crippen LogP contribution in [-0.4, -0.2) is 41.3 Å². The second kappa shape index (κ2) is 7.28. The summed E-state index contributed by atoms with van der Waals surface area (Å²) in [5.41, 5.74) is 1.14. The number of phenolic OH excluding ortho intramolecular Hbond substituents is 1. The molecule has 3 rings (SSSR count). The number of nitrogens with one attached hydrogen (secondary N) is 1. The Balaban J connectivity index is 1.72. The van der Waals surface area contributed by atoms with Gasteiger partial charge in [-0.2, -0.15) is 4.98 Å². The van der Waals surface area contributed by atoms with E-state index in [2.05, 4.69) is 27.1 Å². The molecular weight excluding hydrogens is 292 g/mol. The number of aromatic hydroxyl groups is 1. The molecule has 1 aliphatic rings. The van der Waals surface area contributed by atoms with Crippen LogP contribution in [0, 0.1) is 0 Å². The fourth-order valence-electron chi connectivity index (χ4n) is 2.63. The predicted octanol–water partition coefficient (Wildman–Crippen LogP) is 2.12. The number of anilines is 1. The first-order valence-corrected chi connectivity index (χ1v) is 7.99. The summed E-state index contributed by atoms with van der Waals surface area (Å²) in [6, 6.07) is 9.29. The van der Waals surface area contributed by atoms with Gasteiger partial charge in [-0.25, -0.2) is 4.98 Å². The minimum absolute atomic E-state index is 0.188. The zero-order chi connectivity index (χ0) is 16.1. The molecule has 1 unspecified atom stereocenters. The molecule has 0 aliphatic carbocycles. The number of piperazine rings is 1. The van der Waals surface area contributed by atoms with E-state index in [4.69, 9.17) is 4.74 Å². The summed E-state index contributed by atoms with van der Waals surface area (Å²) in [5, 5.41) is 12.9. The summed E-state index contributed by atoms with van der Waals surface area (Å²) >= 11 is 0. The molecule has 23 heavy (non-hydrogen) atoms. The van der Waals surface area contributed by atoms with Gasteiger partial charge in [0, 0.05) is 37.9 Å². The molecule has 0 spiro atoms. The average molecular weight is 314 g/mol. The van der Waals surface area contributed by atoms with E-state index in [1.54, 1.807) is 24.4 Å². The summed E-state index contributed by atoms with van der Waals surface area (Å²) in [5.74, 6) is 1.60. The van der Waals surface area contributed by atoms with Crippen molar-refractivity contribution in [2.75, 3.05) is 31.1 Å². The summed E-state index contributed by atoms with van der Waals surface area (Å²) in [6.45, 7) is 5.22. The third-order valence-corrected chi connectivity index (χ3v) is 3.83. The van der Waals surface area contributed by atoms with Crippen LogP contribution in [0.3, 0.4) is 0 Å². The van der Waals surface area contributed by atoms with Crippen LogP contribution in [0.2, 0.25) is 0 Å². The van der Waals surface area contributed by atoms with Gasteiger partial charge in [-0.15, -0.1) is 0 Å². The molecule has 122 valence electrons. The Hall–Kier alpha value is -2.34. The normalized spacial score (nSPS) is 18.0. The van der Waals surface area contributed by atoms with Crippen molar-refractivity contribution in [2.24, 2.45) is 0 Å². The minimum Gasteiger partial charge on any atom is -0.508 e. The lowest BCUT2D eigenvalue weighted by atomic mass is 10.0. The van der Waals surface area contributed by atoms with Gasteiger partial charge in [0.15, 0.2) is 0 Å². The van der Waals surface area contributed by atoms with E-state index < -0.39 is 0 Å². The highest BCUT2D eigenvalue weighted by Crippen LogP contribution is 2.22. The summed E-state index contributed by atoms with van der Waals surface area (Å²) in [6.07, 6.45) is 2.70. The van der Waals surface area contributed by atoms with Gasteiger partial charge in [0.2, 0.25) is 11.8 Å². The number of nitrogens with zero attached hydrogens (tertiary/aromatic N) is 3. The van der Waals surface area contributed by atoms with E-state index in [9.17, 15) is 5.11 Å². The molecule has 2 heterocycles. The van der Waals surface area contributed by atoms with Crippen molar-refractivity contribution >= 4 is 5.95 Å². The number of hydrogen-bond acceptors (Lipinski definition) is 6. The number of phenols is 1. The molecule has 2 aromatic rings. The second-order valence-corrected chi connectivity index (χ2v) is 5.59. The Kier molecular flexibility index (Phi) is 4.92. The summed E-state index contributed by atoms with van der Waals surface area (Å²) in [7, 11) is 0. The van der Waals surface area contributed by atoms with Gasteiger partial charge in [-0.3, -0.25) is 0 Å². The molecule has 1 aliphatic heterocycles. The molecular formula is C17H22N4O2. The van der Waals surface area contributed by atoms with Crippen LogP contribution in [0.15, 0.2) is 36.5 Å². The van der Waals surface area contributed by atoms with Gasteiger partial charge in [0.1, 0.15) is 5.75 Å². The van der Waals surface area contributed by atoms with Gasteiger partial charge in [-0.1, -0.05) is 19.1 Å². The topological polar surface area (TPSA) is 70.5 Å². The van der Waals surface area contributed by atoms with Crippen molar-refractivity contribution in [1.82, 2.24) is 15.3 Å². The highest BCUT2D eigenvalue weighted by atomic mass is 16.5. The smallest absolute Gasteiger partial charge is 0.228 e. The fraction of sp³-hybridized carbons (Fsp3) is 0.412. The quantitative estimate of drug-likeness (QED) is 0.881. The Bertz CT molecular complexity index is 633. The van der Waals surface area contributed by atoms with Gasteiger partial charge in [0.05, 0.1) is 6.61 Å². The fourth-order valence-corrected chi connectivity index (χ4v) is 2.63. The van der Waals surface area contributed by atoms with Crippen LogP contribution in [0.5, 0.6) is 11.6 Å². The predicted molar refractivity (Wildman–Crippen MR) is 88.9 cm³/mol. The minimum atomic E-state index is 0.188. The Morgan fingerprint density at radius 1 is 1.30 bits per heavy atom. The lowest BCUT2D eigenvalue weighted by Gasteiger charge is -2.34. The monoisotopic (exact) mass is 314 g/mol. The molecule has 0 amide bonds. The SMILES string of the molecule is CCCOc1ccnc(N2CCNC(c3ccc(O)cc3)C2)n1. The maximum Gasteiger partial charge on any atom is 0.228 e. The molecule has 1 aromatic heterocycles. The first-order valence-electron chi connectivity index (χ1n) is 7.99. The summed E-state index contributed by atoms with van der Waals surface area (Å²) < 4.78 is 5.59. The number of ether oxygens (including phenoxy) is 1. The highest BCUT2D eigenvalue weighted by molar-refractivity contribution is 5.36. The third kappa shape index (κ3) is 3.90. The third-order valence-electron chi connectivity index (χ3n) is 3.83. The van der Waals surface area contributed by atoms with E-state index in [1.165, 1.54) is 0 Å².